The fourth-order valence-electron chi connectivity index (χ4n) is 3.17. The predicted molar refractivity (Wildman–Crippen MR) is 92.5 cm³/mol. The summed E-state index contributed by atoms with van der Waals surface area (Å²) in [7, 11) is 1.93. The van der Waals surface area contributed by atoms with Crippen LogP contribution in [0.1, 0.15) is 24.7 Å². The predicted octanol–water partition coefficient (Wildman–Crippen LogP) is 3.32. The Balaban J connectivity index is 1.98. The molecule has 24 heavy (non-hydrogen) atoms. The number of nitrogens with zero attached hydrogens (tertiary/aromatic N) is 2. The molecule has 1 saturated heterocycles. The molecular formula is C19H20FN3O. The Morgan fingerprint density at radius 1 is 1.46 bits per heavy atom. The average molecular weight is 325 g/mol. The number of nitriles is 1. The summed E-state index contributed by atoms with van der Waals surface area (Å²) in [5.41, 5.74) is 2.20. The Morgan fingerprint density at radius 3 is 3.00 bits per heavy atom. The second-order valence-electron chi connectivity index (χ2n) is 6.12. The molecule has 3 rings (SSSR count). The number of furan rings is 1. The van der Waals surface area contributed by atoms with Crippen LogP contribution in [0.4, 0.5) is 10.1 Å². The van der Waals surface area contributed by atoms with E-state index in [0.29, 0.717) is 17.9 Å². The number of rotatable bonds is 3. The number of alkyl halides is 1. The summed E-state index contributed by atoms with van der Waals surface area (Å²) < 4.78 is 20.2. The number of nitrogens with one attached hydrogen (secondary N) is 1. The molecule has 2 aromatic rings. The molecule has 0 radical (unpaired) electrons. The lowest BCUT2D eigenvalue weighted by Gasteiger charge is -2.33. The highest BCUT2D eigenvalue weighted by Gasteiger charge is 2.28. The van der Waals surface area contributed by atoms with E-state index in [-0.39, 0.29) is 12.5 Å². The molecule has 0 aliphatic carbocycles. The van der Waals surface area contributed by atoms with E-state index in [2.05, 4.69) is 23.2 Å². The summed E-state index contributed by atoms with van der Waals surface area (Å²) in [5.74, 6) is 6.25. The molecule has 0 amide bonds. The van der Waals surface area contributed by atoms with E-state index in [1.807, 2.05) is 30.1 Å². The molecule has 1 aromatic carbocycles. The highest BCUT2D eigenvalue weighted by atomic mass is 19.1. The second kappa shape index (κ2) is 6.95. The summed E-state index contributed by atoms with van der Waals surface area (Å²) in [4.78, 5) is 2.00. The molecule has 1 N–H and O–H groups in total. The largest absolute Gasteiger partial charge is 0.445 e. The van der Waals surface area contributed by atoms with Gasteiger partial charge in [0.05, 0.1) is 24.2 Å². The molecule has 4 nitrogen and oxygen atoms in total. The summed E-state index contributed by atoms with van der Waals surface area (Å²) >= 11 is 0. The van der Waals surface area contributed by atoms with Crippen molar-refractivity contribution in [3.63, 3.8) is 0 Å². The topological polar surface area (TPSA) is 52.2 Å². The fourth-order valence-corrected chi connectivity index (χ4v) is 3.17. The van der Waals surface area contributed by atoms with Crippen LogP contribution >= 0.6 is 0 Å². The lowest BCUT2D eigenvalue weighted by atomic mass is 10.0. The molecule has 2 heterocycles. The zero-order chi connectivity index (χ0) is 17.1. The third-order valence-electron chi connectivity index (χ3n) is 4.40. The van der Waals surface area contributed by atoms with Crippen LogP contribution in [0, 0.1) is 23.2 Å². The standard InChI is InChI=1S/C19H20FN3O/c1-3-5-18-13(8-10-21)14-6-4-7-17(19(14)24-18)22-16-9-11-23(2)12-15(16)20/h4,6-7,15-16,22H,8-9,11-12H2,1-2H3/t15-,16-/m1/s1. The zero-order valence-electron chi connectivity index (χ0n) is 13.9. The van der Waals surface area contributed by atoms with Crippen LogP contribution in [0.2, 0.25) is 0 Å². The maximum Gasteiger partial charge on any atom is 0.182 e. The van der Waals surface area contributed by atoms with Gasteiger partial charge >= 0.3 is 0 Å². The number of para-hydroxylation sites is 1. The molecule has 0 bridgehead atoms. The SMILES string of the molecule is CC#Cc1oc2c(N[C@@H]3CCN(C)C[C@H]3F)cccc2c1CC#N. The summed E-state index contributed by atoms with van der Waals surface area (Å²) in [6.45, 7) is 3.02. The van der Waals surface area contributed by atoms with Crippen LogP contribution in [0.3, 0.4) is 0 Å². The smallest absolute Gasteiger partial charge is 0.182 e. The van der Waals surface area contributed by atoms with E-state index < -0.39 is 6.17 Å². The van der Waals surface area contributed by atoms with Gasteiger partial charge in [-0.15, -0.1) is 0 Å². The lowest BCUT2D eigenvalue weighted by molar-refractivity contribution is 0.149. The van der Waals surface area contributed by atoms with Crippen LogP contribution in [-0.4, -0.2) is 37.3 Å². The van der Waals surface area contributed by atoms with Gasteiger partial charge in [0.1, 0.15) is 6.17 Å². The maximum absolute atomic E-state index is 14.3. The minimum absolute atomic E-state index is 0.237. The highest BCUT2D eigenvalue weighted by Crippen LogP contribution is 2.32. The number of fused-ring (bicyclic) bond motifs is 1. The van der Waals surface area contributed by atoms with Crippen molar-refractivity contribution < 1.29 is 8.81 Å². The first-order chi connectivity index (χ1) is 11.6. The molecule has 0 unspecified atom stereocenters. The Morgan fingerprint density at radius 2 is 2.29 bits per heavy atom. The number of hydrogen-bond donors (Lipinski definition) is 1. The first-order valence-corrected chi connectivity index (χ1v) is 8.07. The second-order valence-corrected chi connectivity index (χ2v) is 6.12. The Labute approximate surface area is 141 Å². The number of halogens is 1. The Hall–Kier alpha value is -2.50. The zero-order valence-corrected chi connectivity index (χ0v) is 13.9. The molecule has 1 fully saturated rings. The molecule has 5 heteroatoms. The fraction of sp³-hybridized carbons (Fsp3) is 0.421. The van der Waals surface area contributed by atoms with E-state index in [0.717, 1.165) is 29.6 Å². The molecule has 0 spiro atoms. The van der Waals surface area contributed by atoms with Gasteiger partial charge in [-0.05, 0) is 32.4 Å². The quantitative estimate of drug-likeness (QED) is 0.880. The number of anilines is 1. The molecule has 0 saturated carbocycles. The van der Waals surface area contributed by atoms with Crippen molar-refractivity contribution in [2.45, 2.75) is 32.0 Å². The molecule has 1 aliphatic rings. The van der Waals surface area contributed by atoms with Crippen molar-refractivity contribution in [3.8, 4) is 17.9 Å². The third-order valence-corrected chi connectivity index (χ3v) is 4.40. The first-order valence-electron chi connectivity index (χ1n) is 8.07. The average Bonchev–Trinajstić information content (AvgIpc) is 2.90. The number of piperidine rings is 1. The van der Waals surface area contributed by atoms with E-state index in [1.54, 1.807) is 6.92 Å². The summed E-state index contributed by atoms with van der Waals surface area (Å²) in [5, 5.41) is 13.2. The van der Waals surface area contributed by atoms with Gasteiger partial charge in [0.2, 0.25) is 0 Å². The molecule has 1 aromatic heterocycles. The van der Waals surface area contributed by atoms with Gasteiger partial charge in [0.15, 0.2) is 11.3 Å². The van der Waals surface area contributed by atoms with Crippen LogP contribution < -0.4 is 5.32 Å². The molecule has 1 aliphatic heterocycles. The normalized spacial score (nSPS) is 21.1. The van der Waals surface area contributed by atoms with Gasteiger partial charge in [0, 0.05) is 24.0 Å². The number of benzene rings is 1. The van der Waals surface area contributed by atoms with Gasteiger partial charge < -0.3 is 14.6 Å². The van der Waals surface area contributed by atoms with E-state index in [1.165, 1.54) is 0 Å². The minimum atomic E-state index is -0.928. The van der Waals surface area contributed by atoms with Gasteiger partial charge in [-0.3, -0.25) is 0 Å². The molecular weight excluding hydrogens is 305 g/mol. The van der Waals surface area contributed by atoms with E-state index >= 15 is 0 Å². The molecule has 124 valence electrons. The highest BCUT2D eigenvalue weighted by molar-refractivity contribution is 5.93. The van der Waals surface area contributed by atoms with Crippen molar-refractivity contribution in [2.75, 3.05) is 25.5 Å². The summed E-state index contributed by atoms with van der Waals surface area (Å²) in [6, 6.07) is 7.62. The van der Waals surface area contributed by atoms with Crippen molar-refractivity contribution in [2.24, 2.45) is 0 Å². The monoisotopic (exact) mass is 325 g/mol. The minimum Gasteiger partial charge on any atom is -0.445 e. The van der Waals surface area contributed by atoms with Crippen molar-refractivity contribution in [1.82, 2.24) is 4.90 Å². The summed E-state index contributed by atoms with van der Waals surface area (Å²) in [6.07, 6.45) is 0.0458. The van der Waals surface area contributed by atoms with Gasteiger partial charge in [-0.1, -0.05) is 18.1 Å². The third kappa shape index (κ3) is 3.09. The van der Waals surface area contributed by atoms with E-state index in [4.69, 9.17) is 9.68 Å². The molecule has 2 atom stereocenters. The Kier molecular flexibility index (Phi) is 4.74. The van der Waals surface area contributed by atoms with Crippen LogP contribution in [0.25, 0.3) is 11.0 Å². The van der Waals surface area contributed by atoms with Crippen LogP contribution in [0.5, 0.6) is 0 Å². The van der Waals surface area contributed by atoms with Gasteiger partial charge in [-0.25, -0.2) is 4.39 Å². The van der Waals surface area contributed by atoms with Gasteiger partial charge in [0.25, 0.3) is 0 Å². The van der Waals surface area contributed by atoms with Crippen LogP contribution in [-0.2, 0) is 6.42 Å². The lowest BCUT2D eigenvalue weighted by Crippen LogP contribution is -2.46. The van der Waals surface area contributed by atoms with Gasteiger partial charge in [-0.2, -0.15) is 5.26 Å². The van der Waals surface area contributed by atoms with E-state index in [9.17, 15) is 4.39 Å². The number of likely N-dealkylation sites (tertiary alicyclic amines) is 1. The maximum atomic E-state index is 14.3. The van der Waals surface area contributed by atoms with Crippen LogP contribution in [0.15, 0.2) is 22.6 Å². The van der Waals surface area contributed by atoms with Crippen molar-refractivity contribution >= 4 is 16.7 Å². The first kappa shape index (κ1) is 16.4. The van der Waals surface area contributed by atoms with Crippen molar-refractivity contribution in [1.29, 1.82) is 5.26 Å². The Bertz CT molecular complexity index is 840. The number of hydrogen-bond acceptors (Lipinski definition) is 4. The van der Waals surface area contributed by atoms with Crippen molar-refractivity contribution in [3.05, 3.63) is 29.5 Å².